The summed E-state index contributed by atoms with van der Waals surface area (Å²) in [6.45, 7) is 10.8. The molecule has 1 aliphatic rings. The molecule has 0 atom stereocenters. The van der Waals surface area contributed by atoms with E-state index in [1.807, 2.05) is 0 Å². The van der Waals surface area contributed by atoms with Crippen LogP contribution in [0.5, 0.6) is 5.75 Å². The smallest absolute Gasteiger partial charge is 0.127 e. The van der Waals surface area contributed by atoms with E-state index in [-0.39, 0.29) is 11.0 Å². The molecule has 0 aliphatic carbocycles. The maximum atomic E-state index is 5.90. The molecule has 0 unspecified atom stereocenters. The lowest BCUT2D eigenvalue weighted by atomic mass is 9.85. The van der Waals surface area contributed by atoms with Crippen LogP contribution in [0.2, 0.25) is 0 Å². The largest absolute Gasteiger partial charge is 0.483 e. The Labute approximate surface area is 98.1 Å². The lowest BCUT2D eigenvalue weighted by Crippen LogP contribution is -2.27. The van der Waals surface area contributed by atoms with Crippen molar-refractivity contribution in [2.75, 3.05) is 0 Å². The molecule has 1 nitrogen and oxygen atoms in total. The van der Waals surface area contributed by atoms with Crippen LogP contribution in [0.4, 0.5) is 0 Å². The molecule has 16 heavy (non-hydrogen) atoms. The predicted molar refractivity (Wildman–Crippen MR) is 68.9 cm³/mol. The molecule has 1 heterocycles. The van der Waals surface area contributed by atoms with E-state index in [2.05, 4.69) is 65.0 Å². The number of hydrogen-bond donors (Lipinski definition) is 0. The van der Waals surface area contributed by atoms with Crippen molar-refractivity contribution < 1.29 is 4.74 Å². The van der Waals surface area contributed by atoms with E-state index in [0.717, 1.165) is 5.75 Å². The number of benzene rings is 1. The summed E-state index contributed by atoms with van der Waals surface area (Å²) in [5.41, 5.74) is 2.54. The van der Waals surface area contributed by atoms with E-state index >= 15 is 0 Å². The minimum Gasteiger partial charge on any atom is -0.483 e. The Balaban J connectivity index is 2.43. The van der Waals surface area contributed by atoms with Crippen molar-refractivity contribution in [1.29, 1.82) is 0 Å². The molecule has 1 aliphatic heterocycles. The van der Waals surface area contributed by atoms with Gasteiger partial charge in [0.1, 0.15) is 11.4 Å². The van der Waals surface area contributed by atoms with Crippen LogP contribution in [-0.4, -0.2) is 5.60 Å². The van der Waals surface area contributed by atoms with E-state index in [1.165, 1.54) is 11.1 Å². The Morgan fingerprint density at radius 1 is 1.12 bits per heavy atom. The van der Waals surface area contributed by atoms with Gasteiger partial charge >= 0.3 is 0 Å². The second kappa shape index (κ2) is 3.38. The monoisotopic (exact) mass is 216 g/mol. The maximum Gasteiger partial charge on any atom is 0.127 e. The second-order valence-electron chi connectivity index (χ2n) is 6.04. The van der Waals surface area contributed by atoms with Crippen molar-refractivity contribution in [2.24, 2.45) is 0 Å². The van der Waals surface area contributed by atoms with Gasteiger partial charge in [0.2, 0.25) is 0 Å². The highest BCUT2D eigenvalue weighted by atomic mass is 16.5. The normalized spacial score (nSPS) is 17.8. The molecule has 1 aromatic rings. The second-order valence-corrected chi connectivity index (χ2v) is 6.04. The highest BCUT2D eigenvalue weighted by molar-refractivity contribution is 5.62. The van der Waals surface area contributed by atoms with Crippen molar-refractivity contribution in [3.8, 4) is 5.75 Å². The van der Waals surface area contributed by atoms with Gasteiger partial charge in [0.15, 0.2) is 0 Å². The molecule has 0 radical (unpaired) electrons. The summed E-state index contributed by atoms with van der Waals surface area (Å²) in [5.74, 6) is 0.987. The Kier molecular flexibility index (Phi) is 2.37. The van der Waals surface area contributed by atoms with Crippen LogP contribution >= 0.6 is 0 Å². The van der Waals surface area contributed by atoms with Gasteiger partial charge in [-0.1, -0.05) is 32.9 Å². The van der Waals surface area contributed by atoms with Crippen LogP contribution in [0.1, 0.15) is 45.7 Å². The third kappa shape index (κ3) is 2.13. The highest BCUT2D eigenvalue weighted by Gasteiger charge is 2.23. The Morgan fingerprint density at radius 3 is 2.44 bits per heavy atom. The maximum absolute atomic E-state index is 5.90. The van der Waals surface area contributed by atoms with Crippen molar-refractivity contribution in [3.63, 3.8) is 0 Å². The minimum atomic E-state index is -0.184. The Bertz CT molecular complexity index is 433. The topological polar surface area (TPSA) is 9.23 Å². The highest BCUT2D eigenvalue weighted by Crippen LogP contribution is 2.34. The molecule has 0 aromatic heterocycles. The van der Waals surface area contributed by atoms with Gasteiger partial charge < -0.3 is 4.74 Å². The fourth-order valence-electron chi connectivity index (χ4n) is 1.85. The first-order valence-corrected chi connectivity index (χ1v) is 5.81. The molecule has 0 N–H and O–H groups in total. The molecular formula is C15H20O. The average molecular weight is 216 g/mol. The molecule has 86 valence electrons. The third-order valence-electron chi connectivity index (χ3n) is 2.91. The number of rotatable bonds is 0. The van der Waals surface area contributed by atoms with E-state index in [0.29, 0.717) is 0 Å². The standard InChI is InChI=1S/C15H20O/c1-14(2,3)12-6-7-13-11(10-12)8-9-15(4,5)16-13/h6-10H,1-5H3. The quantitative estimate of drug-likeness (QED) is 0.632. The van der Waals surface area contributed by atoms with Crippen molar-refractivity contribution in [1.82, 2.24) is 0 Å². The molecular weight excluding hydrogens is 196 g/mol. The molecule has 0 spiro atoms. The minimum absolute atomic E-state index is 0.184. The zero-order valence-electron chi connectivity index (χ0n) is 10.8. The fraction of sp³-hybridized carbons (Fsp3) is 0.467. The van der Waals surface area contributed by atoms with E-state index < -0.39 is 0 Å². The first-order valence-electron chi connectivity index (χ1n) is 5.81. The van der Waals surface area contributed by atoms with E-state index in [9.17, 15) is 0 Å². The lowest BCUT2D eigenvalue weighted by molar-refractivity contribution is 0.159. The molecule has 1 aromatic carbocycles. The van der Waals surface area contributed by atoms with E-state index in [1.54, 1.807) is 0 Å². The van der Waals surface area contributed by atoms with Crippen LogP contribution in [0, 0.1) is 0 Å². The fourth-order valence-corrected chi connectivity index (χ4v) is 1.85. The van der Waals surface area contributed by atoms with Gasteiger partial charge in [-0.15, -0.1) is 0 Å². The summed E-state index contributed by atoms with van der Waals surface area (Å²) < 4.78 is 5.90. The van der Waals surface area contributed by atoms with Gasteiger partial charge in [-0.2, -0.15) is 0 Å². The van der Waals surface area contributed by atoms with Crippen molar-refractivity contribution >= 4 is 6.08 Å². The van der Waals surface area contributed by atoms with E-state index in [4.69, 9.17) is 4.74 Å². The van der Waals surface area contributed by atoms with Crippen molar-refractivity contribution in [2.45, 2.75) is 45.6 Å². The van der Waals surface area contributed by atoms with Crippen LogP contribution in [-0.2, 0) is 5.41 Å². The summed E-state index contributed by atoms with van der Waals surface area (Å²) in [6, 6.07) is 6.47. The van der Waals surface area contributed by atoms with Gasteiger partial charge in [0.25, 0.3) is 0 Å². The summed E-state index contributed by atoms with van der Waals surface area (Å²) in [5, 5.41) is 0. The molecule has 2 rings (SSSR count). The van der Waals surface area contributed by atoms with Gasteiger partial charge in [0.05, 0.1) is 0 Å². The first-order chi connectivity index (χ1) is 7.28. The van der Waals surface area contributed by atoms with Crippen LogP contribution in [0.3, 0.4) is 0 Å². The summed E-state index contributed by atoms with van der Waals surface area (Å²) >= 11 is 0. The molecule has 1 heteroatoms. The Morgan fingerprint density at radius 2 is 1.81 bits per heavy atom. The van der Waals surface area contributed by atoms with Gasteiger partial charge in [-0.05, 0) is 43.0 Å². The first kappa shape index (κ1) is 11.3. The number of ether oxygens (including phenoxy) is 1. The summed E-state index contributed by atoms with van der Waals surface area (Å²) in [4.78, 5) is 0. The third-order valence-corrected chi connectivity index (χ3v) is 2.91. The lowest BCUT2D eigenvalue weighted by Gasteiger charge is -2.29. The van der Waals surface area contributed by atoms with Gasteiger partial charge in [0, 0.05) is 5.56 Å². The number of hydrogen-bond acceptors (Lipinski definition) is 1. The van der Waals surface area contributed by atoms with Gasteiger partial charge in [-0.25, -0.2) is 0 Å². The van der Waals surface area contributed by atoms with Crippen molar-refractivity contribution in [3.05, 3.63) is 35.4 Å². The molecule has 0 bridgehead atoms. The molecule has 0 amide bonds. The predicted octanol–water partition coefficient (Wildman–Crippen LogP) is 4.17. The average Bonchev–Trinajstić information content (AvgIpc) is 2.14. The number of fused-ring (bicyclic) bond motifs is 1. The summed E-state index contributed by atoms with van der Waals surface area (Å²) in [6.07, 6.45) is 4.27. The summed E-state index contributed by atoms with van der Waals surface area (Å²) in [7, 11) is 0. The molecule has 0 fully saturated rings. The SMILES string of the molecule is CC1(C)C=Cc2cc(C(C)(C)C)ccc2O1. The molecule has 0 saturated heterocycles. The van der Waals surface area contributed by atoms with Crippen LogP contribution < -0.4 is 4.74 Å². The zero-order valence-corrected chi connectivity index (χ0v) is 10.8. The van der Waals surface area contributed by atoms with Crippen LogP contribution in [0.25, 0.3) is 6.08 Å². The molecule has 0 saturated carbocycles. The zero-order chi connectivity index (χ0) is 12.0. The van der Waals surface area contributed by atoms with Crippen LogP contribution in [0.15, 0.2) is 24.3 Å². The Hall–Kier alpha value is -1.24. The van der Waals surface area contributed by atoms with Gasteiger partial charge in [-0.3, -0.25) is 0 Å².